The number of nitrogens with one attached hydrogen (secondary N) is 1. The number of hydrogen-bond acceptors (Lipinski definition) is 6. The van der Waals surface area contributed by atoms with Crippen molar-refractivity contribution >= 4 is 46.3 Å². The zero-order valence-corrected chi connectivity index (χ0v) is 20.0. The Morgan fingerprint density at radius 1 is 1.20 bits per heavy atom. The monoisotopic (exact) mass is 447 g/mol. The van der Waals surface area contributed by atoms with Crippen molar-refractivity contribution in [2.24, 2.45) is 0 Å². The van der Waals surface area contributed by atoms with Crippen molar-refractivity contribution in [2.45, 2.75) is 53.4 Å². The molecule has 5 nitrogen and oxygen atoms in total. The average Bonchev–Trinajstić information content (AvgIpc) is 3.02. The lowest BCUT2D eigenvalue weighted by Gasteiger charge is -2.21. The van der Waals surface area contributed by atoms with Gasteiger partial charge in [0, 0.05) is 0 Å². The van der Waals surface area contributed by atoms with Gasteiger partial charge in [-0.1, -0.05) is 63.8 Å². The summed E-state index contributed by atoms with van der Waals surface area (Å²) in [5.41, 5.74) is 3.93. The van der Waals surface area contributed by atoms with Crippen LogP contribution < -0.4 is 10.1 Å². The van der Waals surface area contributed by atoms with Crippen LogP contribution in [-0.4, -0.2) is 29.4 Å². The summed E-state index contributed by atoms with van der Waals surface area (Å²) in [6.07, 6.45) is 3.92. The highest BCUT2D eigenvalue weighted by Crippen LogP contribution is 2.36. The highest BCUT2D eigenvalue weighted by atomic mass is 32.2. The van der Waals surface area contributed by atoms with Crippen molar-refractivity contribution < 1.29 is 19.1 Å². The Labute approximate surface area is 188 Å². The fourth-order valence-electron chi connectivity index (χ4n) is 3.02. The highest BCUT2D eigenvalue weighted by Gasteiger charge is 2.23. The van der Waals surface area contributed by atoms with Crippen molar-refractivity contribution in [3.63, 3.8) is 0 Å². The predicted molar refractivity (Wildman–Crippen MR) is 127 cm³/mol. The van der Waals surface area contributed by atoms with Gasteiger partial charge in [-0.05, 0) is 60.1 Å². The number of allylic oxidation sites excluding steroid dienone is 2. The van der Waals surface area contributed by atoms with Crippen molar-refractivity contribution in [2.75, 3.05) is 13.2 Å². The number of thioether (sulfide) groups is 1. The normalized spacial score (nSPS) is 15.9. The minimum Gasteiger partial charge on any atom is -0.481 e. The third-order valence-electron chi connectivity index (χ3n) is 4.55. The van der Waals surface area contributed by atoms with E-state index in [1.807, 2.05) is 19.1 Å². The molecule has 0 atom stereocenters. The number of benzene rings is 1. The van der Waals surface area contributed by atoms with Gasteiger partial charge in [0.2, 0.25) is 0 Å². The molecule has 1 heterocycles. The van der Waals surface area contributed by atoms with Gasteiger partial charge in [0.05, 0.1) is 11.5 Å². The van der Waals surface area contributed by atoms with Gasteiger partial charge in [-0.2, -0.15) is 0 Å². The summed E-state index contributed by atoms with van der Waals surface area (Å²) in [6.45, 7) is 12.3. The van der Waals surface area contributed by atoms with E-state index < -0.39 is 0 Å². The first-order valence-corrected chi connectivity index (χ1v) is 11.2. The Kier molecular flexibility index (Phi) is 8.67. The van der Waals surface area contributed by atoms with Gasteiger partial charge in [-0.15, -0.1) is 0 Å². The van der Waals surface area contributed by atoms with E-state index in [9.17, 15) is 9.59 Å². The van der Waals surface area contributed by atoms with Crippen molar-refractivity contribution in [3.8, 4) is 5.75 Å². The number of thiocarbonyl (C=S) groups is 1. The minimum absolute atomic E-state index is 0.111. The van der Waals surface area contributed by atoms with Gasteiger partial charge in [-0.25, -0.2) is 4.79 Å². The summed E-state index contributed by atoms with van der Waals surface area (Å²) in [7, 11) is 0. The van der Waals surface area contributed by atoms with Crippen LogP contribution in [0.1, 0.15) is 70.1 Å². The first-order valence-electron chi connectivity index (χ1n) is 10.0. The number of carbonyl (C=O) groups is 2. The van der Waals surface area contributed by atoms with Crippen LogP contribution in [0.5, 0.6) is 5.75 Å². The molecule has 162 valence electrons. The lowest BCUT2D eigenvalue weighted by atomic mass is 9.91. The predicted octanol–water partition coefficient (Wildman–Crippen LogP) is 5.31. The van der Waals surface area contributed by atoms with E-state index >= 15 is 0 Å². The number of carbonyl (C=O) groups excluding carboxylic acids is 2. The molecule has 2 rings (SSSR count). The maximum absolute atomic E-state index is 12.0. The van der Waals surface area contributed by atoms with Gasteiger partial charge in [0.25, 0.3) is 5.91 Å². The SMILES string of the molecule is CCOC(=O)COc1c(C(C)C)cc(C=CC(C)=C2SC(=S)NC2=O)cc1C(C)C. The van der Waals surface area contributed by atoms with E-state index in [1.165, 1.54) is 11.8 Å². The highest BCUT2D eigenvalue weighted by molar-refractivity contribution is 8.26. The van der Waals surface area contributed by atoms with E-state index in [1.54, 1.807) is 6.92 Å². The maximum atomic E-state index is 12.0. The molecular weight excluding hydrogens is 418 g/mol. The van der Waals surface area contributed by atoms with Gasteiger partial charge in [0.1, 0.15) is 10.1 Å². The van der Waals surface area contributed by atoms with Crippen molar-refractivity contribution in [3.05, 3.63) is 45.4 Å². The van der Waals surface area contributed by atoms with E-state index in [2.05, 4.69) is 45.1 Å². The smallest absolute Gasteiger partial charge is 0.344 e. The number of ether oxygens (including phenoxy) is 2. The van der Waals surface area contributed by atoms with Crippen LogP contribution in [0.4, 0.5) is 0 Å². The molecule has 1 N–H and O–H groups in total. The molecule has 1 aliphatic rings. The average molecular weight is 448 g/mol. The van der Waals surface area contributed by atoms with E-state index in [4.69, 9.17) is 21.7 Å². The Balaban J connectivity index is 2.40. The fraction of sp³-hybridized carbons (Fsp3) is 0.435. The maximum Gasteiger partial charge on any atom is 0.344 e. The second-order valence-corrected chi connectivity index (χ2v) is 9.31. The molecule has 1 amide bonds. The van der Waals surface area contributed by atoms with Gasteiger partial charge in [0.15, 0.2) is 6.61 Å². The van der Waals surface area contributed by atoms with Crippen LogP contribution >= 0.6 is 24.0 Å². The van der Waals surface area contributed by atoms with E-state index in [0.29, 0.717) is 15.8 Å². The van der Waals surface area contributed by atoms with Crippen LogP contribution in [0.3, 0.4) is 0 Å². The third kappa shape index (κ3) is 6.19. The standard InChI is InChI=1S/C23H29NO4S2/c1-7-27-19(25)12-28-20-17(13(2)3)10-16(11-18(20)14(4)5)9-8-15(6)21-22(26)24-23(29)30-21/h8-11,13-14H,7,12H2,1-6H3,(H,24,26,29). The molecule has 0 spiro atoms. The Hall–Kier alpha value is -2.12. The fourth-order valence-corrected chi connectivity index (χ4v) is 4.07. The number of amides is 1. The number of rotatable bonds is 8. The van der Waals surface area contributed by atoms with Crippen LogP contribution in [0.25, 0.3) is 6.08 Å². The summed E-state index contributed by atoms with van der Waals surface area (Å²) in [6, 6.07) is 4.13. The zero-order valence-electron chi connectivity index (χ0n) is 18.3. The summed E-state index contributed by atoms with van der Waals surface area (Å²) >= 11 is 6.35. The quantitative estimate of drug-likeness (QED) is 0.331. The Bertz CT molecular complexity index is 871. The first kappa shape index (κ1) is 24.2. The van der Waals surface area contributed by atoms with Gasteiger partial charge in [-0.3, -0.25) is 4.79 Å². The Morgan fingerprint density at radius 2 is 1.80 bits per heavy atom. The summed E-state index contributed by atoms with van der Waals surface area (Å²) in [4.78, 5) is 24.4. The van der Waals surface area contributed by atoms with Crippen LogP contribution in [-0.2, 0) is 14.3 Å². The van der Waals surface area contributed by atoms with Crippen molar-refractivity contribution in [1.29, 1.82) is 0 Å². The molecule has 1 fully saturated rings. The van der Waals surface area contributed by atoms with Gasteiger partial charge >= 0.3 is 5.97 Å². The Morgan fingerprint density at radius 3 is 2.27 bits per heavy atom. The molecule has 1 saturated heterocycles. The lowest BCUT2D eigenvalue weighted by Crippen LogP contribution is -2.18. The van der Waals surface area contributed by atoms with Gasteiger partial charge < -0.3 is 14.8 Å². The third-order valence-corrected chi connectivity index (χ3v) is 5.90. The van der Waals surface area contributed by atoms with Crippen LogP contribution in [0.15, 0.2) is 28.7 Å². The van der Waals surface area contributed by atoms with Crippen LogP contribution in [0, 0.1) is 0 Å². The van der Waals surface area contributed by atoms with E-state index in [-0.39, 0.29) is 30.3 Å². The molecule has 1 aromatic carbocycles. The minimum atomic E-state index is -0.376. The number of esters is 1. The molecule has 0 aliphatic carbocycles. The molecule has 0 bridgehead atoms. The molecule has 30 heavy (non-hydrogen) atoms. The first-order chi connectivity index (χ1) is 14.1. The molecule has 0 unspecified atom stereocenters. The lowest BCUT2D eigenvalue weighted by molar-refractivity contribution is -0.145. The molecule has 0 saturated carbocycles. The molecular formula is C23H29NO4S2. The zero-order chi connectivity index (χ0) is 22.4. The summed E-state index contributed by atoms with van der Waals surface area (Å²) < 4.78 is 11.4. The summed E-state index contributed by atoms with van der Waals surface area (Å²) in [5.74, 6) is 0.636. The van der Waals surface area contributed by atoms with Crippen molar-refractivity contribution in [1.82, 2.24) is 5.32 Å². The van der Waals surface area contributed by atoms with Crippen LogP contribution in [0.2, 0.25) is 0 Å². The topological polar surface area (TPSA) is 64.6 Å². The largest absolute Gasteiger partial charge is 0.481 e. The second-order valence-electron chi connectivity index (χ2n) is 7.62. The molecule has 0 aromatic heterocycles. The summed E-state index contributed by atoms with van der Waals surface area (Å²) in [5, 5.41) is 2.64. The van der Waals surface area contributed by atoms with E-state index in [0.717, 1.165) is 28.0 Å². The molecule has 1 aliphatic heterocycles. The second kappa shape index (κ2) is 10.8. The molecule has 1 aromatic rings. The molecule has 0 radical (unpaired) electrons. The number of hydrogen-bond donors (Lipinski definition) is 1. The molecule has 7 heteroatoms.